The van der Waals surface area contributed by atoms with E-state index in [-0.39, 0.29) is 6.42 Å². The van der Waals surface area contributed by atoms with Crippen LogP contribution < -0.4 is 0 Å². The maximum atomic E-state index is 10.3. The molecule has 0 amide bonds. The molecule has 3 unspecified atom stereocenters. The van der Waals surface area contributed by atoms with Gasteiger partial charge in [-0.05, 0) is 13.8 Å². The largest absolute Gasteiger partial charge is 0.367 e. The van der Waals surface area contributed by atoms with Crippen molar-refractivity contribution in [2.45, 2.75) is 32.2 Å². The Bertz CT molecular complexity index is 300. The molecule has 6 heteroatoms. The van der Waals surface area contributed by atoms with Crippen LogP contribution in [0.25, 0.3) is 0 Å². The molecule has 0 bridgehead atoms. The number of nitro groups is 1. The van der Waals surface area contributed by atoms with Gasteiger partial charge in [-0.2, -0.15) is 5.26 Å². The molecule has 0 aromatic rings. The molecule has 1 aliphatic heterocycles. The topological polar surface area (TPSA) is 96.4 Å². The number of aliphatic hydroxyl groups excluding tert-OH is 1. The lowest BCUT2D eigenvalue weighted by Crippen LogP contribution is -2.33. The van der Waals surface area contributed by atoms with Crippen molar-refractivity contribution < 1.29 is 14.8 Å². The molecule has 1 heterocycles. The Morgan fingerprint density at radius 1 is 1.79 bits per heavy atom. The van der Waals surface area contributed by atoms with E-state index in [0.29, 0.717) is 0 Å². The molecule has 1 saturated heterocycles. The highest BCUT2D eigenvalue weighted by molar-refractivity contribution is 5.06. The summed E-state index contributed by atoms with van der Waals surface area (Å²) >= 11 is 0. The number of hydrogen-bond acceptors (Lipinski definition) is 5. The van der Waals surface area contributed by atoms with Crippen LogP contribution in [0.2, 0.25) is 0 Å². The summed E-state index contributed by atoms with van der Waals surface area (Å²) < 4.78 is 5.06. The molecule has 0 aromatic heterocycles. The van der Waals surface area contributed by atoms with Crippen LogP contribution in [-0.4, -0.2) is 28.5 Å². The minimum atomic E-state index is -1.25. The molecule has 1 aliphatic rings. The average Bonchev–Trinajstić information content (AvgIpc) is 2.21. The second-order valence-corrected chi connectivity index (χ2v) is 4.12. The number of rotatable bonds is 2. The zero-order valence-corrected chi connectivity index (χ0v) is 8.06. The first-order valence-corrected chi connectivity index (χ1v) is 4.20. The second kappa shape index (κ2) is 3.19. The highest BCUT2D eigenvalue weighted by atomic mass is 16.7. The Morgan fingerprint density at radius 2 is 2.36 bits per heavy atom. The van der Waals surface area contributed by atoms with Crippen LogP contribution in [0.3, 0.4) is 0 Å². The maximum absolute atomic E-state index is 10.3. The van der Waals surface area contributed by atoms with E-state index in [1.165, 1.54) is 13.8 Å². The summed E-state index contributed by atoms with van der Waals surface area (Å²) in [6.45, 7) is 2.66. The molecule has 0 spiro atoms. The van der Waals surface area contributed by atoms with Crippen LogP contribution in [0.5, 0.6) is 0 Å². The highest BCUT2D eigenvalue weighted by Crippen LogP contribution is 2.42. The average molecular weight is 200 g/mol. The molecule has 1 N–H and O–H groups in total. The molecule has 6 nitrogen and oxygen atoms in total. The standard InChI is InChI=1S/C8H12N2O4/c1-7(4-9)3-8(2,5-10(12)13)14-6(7)11/h6,11H,3,5H2,1-2H3. The van der Waals surface area contributed by atoms with Crippen LogP contribution in [-0.2, 0) is 4.74 Å². The summed E-state index contributed by atoms with van der Waals surface area (Å²) in [5.41, 5.74) is -2.10. The zero-order chi connectivity index (χ0) is 11.0. The lowest BCUT2D eigenvalue weighted by atomic mass is 9.83. The molecule has 0 saturated carbocycles. The van der Waals surface area contributed by atoms with Crippen molar-refractivity contribution >= 4 is 0 Å². The highest BCUT2D eigenvalue weighted by Gasteiger charge is 2.53. The normalized spacial score (nSPS) is 42.0. The van der Waals surface area contributed by atoms with Gasteiger partial charge in [0.25, 0.3) is 0 Å². The van der Waals surface area contributed by atoms with E-state index in [2.05, 4.69) is 0 Å². The van der Waals surface area contributed by atoms with Crippen molar-refractivity contribution in [1.82, 2.24) is 0 Å². The number of nitrogens with zero attached hydrogens (tertiary/aromatic N) is 2. The minimum absolute atomic E-state index is 0.165. The van der Waals surface area contributed by atoms with Crippen LogP contribution >= 0.6 is 0 Å². The van der Waals surface area contributed by atoms with E-state index in [0.717, 1.165) is 0 Å². The summed E-state index contributed by atoms with van der Waals surface area (Å²) in [6, 6.07) is 1.92. The maximum Gasteiger partial charge on any atom is 0.232 e. The van der Waals surface area contributed by atoms with E-state index < -0.39 is 28.8 Å². The SMILES string of the molecule is CC1(C[N+](=O)[O-])CC(C)(C#N)C(O)O1. The Morgan fingerprint density at radius 3 is 2.71 bits per heavy atom. The molecular formula is C8H12N2O4. The molecule has 78 valence electrons. The zero-order valence-electron chi connectivity index (χ0n) is 8.06. The lowest BCUT2D eigenvalue weighted by molar-refractivity contribution is -0.501. The third-order valence-corrected chi connectivity index (χ3v) is 2.40. The number of hydrogen-bond donors (Lipinski definition) is 1. The Kier molecular flexibility index (Phi) is 2.48. The summed E-state index contributed by atoms with van der Waals surface area (Å²) in [5, 5.41) is 28.6. The summed E-state index contributed by atoms with van der Waals surface area (Å²) in [5.74, 6) is 0. The molecule has 14 heavy (non-hydrogen) atoms. The van der Waals surface area contributed by atoms with Crippen molar-refractivity contribution in [3.05, 3.63) is 10.1 Å². The van der Waals surface area contributed by atoms with Gasteiger partial charge in [0.1, 0.15) is 11.0 Å². The number of aliphatic hydroxyl groups is 1. The van der Waals surface area contributed by atoms with Crippen LogP contribution in [0.1, 0.15) is 20.3 Å². The molecule has 0 radical (unpaired) electrons. The van der Waals surface area contributed by atoms with Gasteiger partial charge in [-0.15, -0.1) is 0 Å². The Hall–Kier alpha value is -1.19. The van der Waals surface area contributed by atoms with E-state index >= 15 is 0 Å². The summed E-state index contributed by atoms with van der Waals surface area (Å²) in [6.07, 6.45) is -1.09. The lowest BCUT2D eigenvalue weighted by Gasteiger charge is -2.17. The second-order valence-electron chi connectivity index (χ2n) is 4.12. The van der Waals surface area contributed by atoms with Gasteiger partial charge >= 0.3 is 0 Å². The van der Waals surface area contributed by atoms with Crippen molar-refractivity contribution in [2.75, 3.05) is 6.54 Å². The van der Waals surface area contributed by atoms with E-state index in [4.69, 9.17) is 10.00 Å². The smallest absolute Gasteiger partial charge is 0.232 e. The van der Waals surface area contributed by atoms with E-state index in [9.17, 15) is 15.2 Å². The summed E-state index contributed by atoms with van der Waals surface area (Å²) in [7, 11) is 0. The van der Waals surface area contributed by atoms with Gasteiger partial charge in [0.15, 0.2) is 6.29 Å². The number of ether oxygens (including phenoxy) is 1. The monoisotopic (exact) mass is 200 g/mol. The third kappa shape index (κ3) is 1.84. The van der Waals surface area contributed by atoms with Crippen molar-refractivity contribution in [3.63, 3.8) is 0 Å². The van der Waals surface area contributed by atoms with Crippen LogP contribution in [0.4, 0.5) is 0 Å². The van der Waals surface area contributed by atoms with Crippen molar-refractivity contribution in [3.8, 4) is 6.07 Å². The fourth-order valence-electron chi connectivity index (χ4n) is 1.77. The van der Waals surface area contributed by atoms with Gasteiger partial charge in [0.2, 0.25) is 6.54 Å². The fourth-order valence-corrected chi connectivity index (χ4v) is 1.77. The Balaban J connectivity index is 2.81. The third-order valence-electron chi connectivity index (χ3n) is 2.40. The molecule has 1 fully saturated rings. The van der Waals surface area contributed by atoms with Gasteiger partial charge in [-0.3, -0.25) is 10.1 Å². The van der Waals surface area contributed by atoms with Crippen molar-refractivity contribution in [2.24, 2.45) is 5.41 Å². The van der Waals surface area contributed by atoms with Crippen LogP contribution in [0, 0.1) is 26.9 Å². The van der Waals surface area contributed by atoms with E-state index in [1.54, 1.807) is 0 Å². The molecule has 0 aliphatic carbocycles. The first-order chi connectivity index (χ1) is 6.31. The van der Waals surface area contributed by atoms with Crippen molar-refractivity contribution in [1.29, 1.82) is 5.26 Å². The molecule has 1 rings (SSSR count). The molecule has 3 atom stereocenters. The Labute approximate surface area is 81.2 Å². The summed E-state index contributed by atoms with van der Waals surface area (Å²) in [4.78, 5) is 9.82. The molecule has 0 aromatic carbocycles. The molecular weight excluding hydrogens is 188 g/mol. The van der Waals surface area contributed by atoms with E-state index in [1.807, 2.05) is 6.07 Å². The predicted molar refractivity (Wildman–Crippen MR) is 45.7 cm³/mol. The first-order valence-electron chi connectivity index (χ1n) is 4.20. The first kappa shape index (κ1) is 10.9. The van der Waals surface area contributed by atoms with Gasteiger partial charge < -0.3 is 9.84 Å². The van der Waals surface area contributed by atoms with Gasteiger partial charge in [-0.25, -0.2) is 0 Å². The van der Waals surface area contributed by atoms with Gasteiger partial charge in [0, 0.05) is 11.3 Å². The predicted octanol–water partition coefficient (Wildman–Crippen LogP) is 0.290. The quantitative estimate of drug-likeness (QED) is 0.510. The van der Waals surface area contributed by atoms with Gasteiger partial charge in [-0.1, -0.05) is 0 Å². The minimum Gasteiger partial charge on any atom is -0.367 e. The van der Waals surface area contributed by atoms with Crippen LogP contribution in [0.15, 0.2) is 0 Å². The number of nitriles is 1. The van der Waals surface area contributed by atoms with Gasteiger partial charge in [0.05, 0.1) is 6.07 Å². The fraction of sp³-hybridized carbons (Fsp3) is 0.875.